The van der Waals surface area contributed by atoms with Gasteiger partial charge in [0, 0.05) is 25.3 Å². The average Bonchev–Trinajstić information content (AvgIpc) is 2.33. The van der Waals surface area contributed by atoms with Crippen LogP contribution in [0.25, 0.3) is 0 Å². The topological polar surface area (TPSA) is 82.1 Å². The first kappa shape index (κ1) is 13.7. The molecule has 0 aliphatic heterocycles. The van der Waals surface area contributed by atoms with Gasteiger partial charge in [-0.2, -0.15) is 0 Å². The highest BCUT2D eigenvalue weighted by molar-refractivity contribution is 5.93. The molecule has 104 valence electrons. The second kappa shape index (κ2) is 5.13. The van der Waals surface area contributed by atoms with Gasteiger partial charge >= 0.3 is 0 Å². The van der Waals surface area contributed by atoms with Crippen molar-refractivity contribution >= 4 is 11.8 Å². The standard InChI is InChI=1S/C13H22N6/c1-18(2)13(6-4-7-13)9-19(3)12-16-8-5-10(17-12)11(14)15/h5,8H,4,6-7,9H2,1-3H3,(H3,14,15). The molecule has 1 heterocycles. The van der Waals surface area contributed by atoms with Crippen LogP contribution in [0.5, 0.6) is 0 Å². The minimum absolute atomic E-state index is 0.0250. The number of nitrogen functional groups attached to an aromatic ring is 1. The number of aromatic nitrogens is 2. The lowest BCUT2D eigenvalue weighted by atomic mass is 9.75. The minimum atomic E-state index is -0.0250. The average molecular weight is 262 g/mol. The Labute approximate surface area is 114 Å². The molecule has 0 spiro atoms. The van der Waals surface area contributed by atoms with E-state index in [9.17, 15) is 0 Å². The summed E-state index contributed by atoms with van der Waals surface area (Å²) in [5.41, 5.74) is 6.16. The van der Waals surface area contributed by atoms with E-state index in [-0.39, 0.29) is 11.4 Å². The van der Waals surface area contributed by atoms with E-state index in [1.807, 2.05) is 11.9 Å². The largest absolute Gasteiger partial charge is 0.382 e. The molecule has 0 aromatic carbocycles. The Hall–Kier alpha value is -1.69. The van der Waals surface area contributed by atoms with Crippen molar-refractivity contribution in [1.82, 2.24) is 14.9 Å². The van der Waals surface area contributed by atoms with Crippen LogP contribution >= 0.6 is 0 Å². The molecule has 0 unspecified atom stereocenters. The highest BCUT2D eigenvalue weighted by Gasteiger charge is 2.40. The third-order valence-electron chi connectivity index (χ3n) is 4.02. The summed E-state index contributed by atoms with van der Waals surface area (Å²) >= 11 is 0. The maximum Gasteiger partial charge on any atom is 0.225 e. The SMILES string of the molecule is CN(CC1(N(C)C)CCC1)c1nccc(C(=N)N)n1. The Kier molecular flexibility index (Phi) is 3.71. The van der Waals surface area contributed by atoms with Crippen LogP contribution in [0.4, 0.5) is 5.95 Å². The van der Waals surface area contributed by atoms with Crippen LogP contribution < -0.4 is 10.6 Å². The summed E-state index contributed by atoms with van der Waals surface area (Å²) in [5.74, 6) is 0.601. The molecule has 2 rings (SSSR count). The van der Waals surface area contributed by atoms with Crippen molar-refractivity contribution in [1.29, 1.82) is 5.41 Å². The molecule has 1 aliphatic rings. The summed E-state index contributed by atoms with van der Waals surface area (Å²) in [4.78, 5) is 12.9. The van der Waals surface area contributed by atoms with Crippen LogP contribution in [0.3, 0.4) is 0 Å². The van der Waals surface area contributed by atoms with Crippen LogP contribution in [0.1, 0.15) is 25.0 Å². The molecule has 6 nitrogen and oxygen atoms in total. The summed E-state index contributed by atoms with van der Waals surface area (Å²) in [5, 5.41) is 7.43. The Morgan fingerprint density at radius 3 is 2.58 bits per heavy atom. The molecular weight excluding hydrogens is 240 g/mol. The highest BCUT2D eigenvalue weighted by Crippen LogP contribution is 2.37. The molecule has 19 heavy (non-hydrogen) atoms. The van der Waals surface area contributed by atoms with Gasteiger partial charge in [0.2, 0.25) is 5.95 Å². The third kappa shape index (κ3) is 2.68. The van der Waals surface area contributed by atoms with E-state index in [4.69, 9.17) is 11.1 Å². The van der Waals surface area contributed by atoms with Crippen LogP contribution in [0, 0.1) is 5.41 Å². The van der Waals surface area contributed by atoms with Gasteiger partial charge < -0.3 is 15.5 Å². The fourth-order valence-electron chi connectivity index (χ4n) is 2.53. The molecule has 3 N–H and O–H groups in total. The fraction of sp³-hybridized carbons (Fsp3) is 0.615. The lowest BCUT2D eigenvalue weighted by Gasteiger charge is -2.49. The second-order valence-electron chi connectivity index (χ2n) is 5.48. The molecule has 0 bridgehead atoms. The molecule has 1 aliphatic carbocycles. The second-order valence-corrected chi connectivity index (χ2v) is 5.48. The van der Waals surface area contributed by atoms with Gasteiger partial charge in [0.25, 0.3) is 0 Å². The van der Waals surface area contributed by atoms with Crippen molar-refractivity contribution in [2.75, 3.05) is 32.6 Å². The molecule has 1 aromatic rings. The van der Waals surface area contributed by atoms with Crippen LogP contribution in [-0.2, 0) is 0 Å². The van der Waals surface area contributed by atoms with Crippen molar-refractivity contribution in [3.05, 3.63) is 18.0 Å². The number of anilines is 1. The zero-order chi connectivity index (χ0) is 14.0. The van der Waals surface area contributed by atoms with E-state index < -0.39 is 0 Å². The van der Waals surface area contributed by atoms with Gasteiger partial charge in [-0.05, 0) is 39.4 Å². The van der Waals surface area contributed by atoms with Gasteiger partial charge in [-0.1, -0.05) is 0 Å². The van der Waals surface area contributed by atoms with E-state index in [0.717, 1.165) is 6.54 Å². The Bertz CT molecular complexity index is 466. The van der Waals surface area contributed by atoms with Crippen molar-refractivity contribution in [3.63, 3.8) is 0 Å². The molecule has 0 atom stereocenters. The van der Waals surface area contributed by atoms with Crippen molar-refractivity contribution < 1.29 is 0 Å². The lowest BCUT2D eigenvalue weighted by Crippen LogP contribution is -2.57. The molecule has 1 fully saturated rings. The first-order valence-electron chi connectivity index (χ1n) is 6.51. The van der Waals surface area contributed by atoms with Crippen molar-refractivity contribution in [2.45, 2.75) is 24.8 Å². The maximum absolute atomic E-state index is 7.43. The predicted molar refractivity (Wildman–Crippen MR) is 76.6 cm³/mol. The Morgan fingerprint density at radius 2 is 2.11 bits per heavy atom. The normalized spacial score (nSPS) is 17.1. The lowest BCUT2D eigenvalue weighted by molar-refractivity contribution is 0.0680. The van der Waals surface area contributed by atoms with E-state index in [2.05, 4.69) is 29.0 Å². The number of nitrogens with zero attached hydrogens (tertiary/aromatic N) is 4. The first-order valence-corrected chi connectivity index (χ1v) is 6.51. The van der Waals surface area contributed by atoms with Crippen molar-refractivity contribution in [3.8, 4) is 0 Å². The monoisotopic (exact) mass is 262 g/mol. The van der Waals surface area contributed by atoms with Gasteiger partial charge in [0.1, 0.15) is 11.5 Å². The number of nitrogens with two attached hydrogens (primary N) is 1. The highest BCUT2D eigenvalue weighted by atomic mass is 15.3. The summed E-state index contributed by atoms with van der Waals surface area (Å²) in [6.07, 6.45) is 5.34. The number of nitrogens with one attached hydrogen (secondary N) is 1. The molecule has 1 saturated carbocycles. The fourth-order valence-corrected chi connectivity index (χ4v) is 2.53. The van der Waals surface area contributed by atoms with Crippen LogP contribution in [-0.4, -0.2) is 53.9 Å². The third-order valence-corrected chi connectivity index (χ3v) is 4.02. The minimum Gasteiger partial charge on any atom is -0.382 e. The Balaban J connectivity index is 2.13. The van der Waals surface area contributed by atoms with E-state index in [1.165, 1.54) is 19.3 Å². The first-order chi connectivity index (χ1) is 8.94. The summed E-state index contributed by atoms with van der Waals surface area (Å²) in [7, 11) is 6.24. The van der Waals surface area contributed by atoms with E-state index in [1.54, 1.807) is 12.3 Å². The van der Waals surface area contributed by atoms with Gasteiger partial charge in [-0.15, -0.1) is 0 Å². The quantitative estimate of drug-likeness (QED) is 0.602. The molecule has 1 aromatic heterocycles. The van der Waals surface area contributed by atoms with Gasteiger partial charge in [0.05, 0.1) is 0 Å². The van der Waals surface area contributed by atoms with Gasteiger partial charge in [-0.3, -0.25) is 5.41 Å². The molecule has 0 amide bonds. The molecule has 0 saturated heterocycles. The zero-order valence-electron chi connectivity index (χ0n) is 11.8. The van der Waals surface area contributed by atoms with E-state index in [0.29, 0.717) is 11.6 Å². The number of likely N-dealkylation sites (N-methyl/N-ethyl adjacent to an activating group) is 2. The van der Waals surface area contributed by atoms with Crippen LogP contribution in [0.2, 0.25) is 0 Å². The van der Waals surface area contributed by atoms with Crippen LogP contribution in [0.15, 0.2) is 12.3 Å². The zero-order valence-corrected chi connectivity index (χ0v) is 11.8. The number of hydrogen-bond acceptors (Lipinski definition) is 5. The van der Waals surface area contributed by atoms with Gasteiger partial charge in [-0.25, -0.2) is 9.97 Å². The summed E-state index contributed by atoms with van der Waals surface area (Å²) in [6, 6.07) is 1.66. The Morgan fingerprint density at radius 1 is 1.42 bits per heavy atom. The predicted octanol–water partition coefficient (Wildman–Crippen LogP) is 0.681. The maximum atomic E-state index is 7.43. The van der Waals surface area contributed by atoms with E-state index >= 15 is 0 Å². The van der Waals surface area contributed by atoms with Gasteiger partial charge in [0.15, 0.2) is 0 Å². The smallest absolute Gasteiger partial charge is 0.225 e. The summed E-state index contributed by atoms with van der Waals surface area (Å²) < 4.78 is 0. The molecule has 6 heteroatoms. The van der Waals surface area contributed by atoms with Crippen molar-refractivity contribution in [2.24, 2.45) is 5.73 Å². The number of rotatable bonds is 5. The number of hydrogen-bond donors (Lipinski definition) is 2. The summed E-state index contributed by atoms with van der Waals surface area (Å²) in [6.45, 7) is 0.890. The molecule has 0 radical (unpaired) electrons. The number of amidine groups is 1. The molecular formula is C13H22N6.